The summed E-state index contributed by atoms with van der Waals surface area (Å²) in [5.41, 5.74) is 3.85. The molecule has 0 bridgehead atoms. The summed E-state index contributed by atoms with van der Waals surface area (Å²) in [4.78, 5) is 0. The van der Waals surface area contributed by atoms with Crippen molar-refractivity contribution in [2.75, 3.05) is 0 Å². The summed E-state index contributed by atoms with van der Waals surface area (Å²) < 4.78 is 2.25. The average Bonchev–Trinajstić information content (AvgIpc) is 2.96. The van der Waals surface area contributed by atoms with Crippen molar-refractivity contribution in [2.24, 2.45) is 5.92 Å². The highest BCUT2D eigenvalue weighted by Gasteiger charge is 2.22. The first-order chi connectivity index (χ1) is 8.67. The normalized spacial score (nSPS) is 18.4. The Morgan fingerprint density at radius 2 is 1.94 bits per heavy atom. The SMILES string of the molecule is CCc1nn(CC2CCCC2)c(CC)c1C(C)Cl. The standard InChI is InChI=1S/C15H25ClN2/c1-4-13-15(11(3)16)14(5-2)18(17-13)10-12-8-6-7-9-12/h11-12H,4-10H2,1-3H3. The van der Waals surface area contributed by atoms with Crippen LogP contribution >= 0.6 is 11.6 Å². The van der Waals surface area contributed by atoms with E-state index in [0.717, 1.165) is 25.3 Å². The number of aryl methyl sites for hydroxylation is 1. The van der Waals surface area contributed by atoms with Crippen molar-refractivity contribution in [3.63, 3.8) is 0 Å². The second-order valence-electron chi connectivity index (χ2n) is 5.46. The molecule has 1 saturated carbocycles. The number of alkyl halides is 1. The van der Waals surface area contributed by atoms with E-state index in [4.69, 9.17) is 16.7 Å². The summed E-state index contributed by atoms with van der Waals surface area (Å²) >= 11 is 6.35. The number of halogens is 1. The number of rotatable bonds is 5. The molecule has 1 heterocycles. The van der Waals surface area contributed by atoms with Gasteiger partial charge in [0.25, 0.3) is 0 Å². The van der Waals surface area contributed by atoms with Gasteiger partial charge in [-0.15, -0.1) is 11.6 Å². The smallest absolute Gasteiger partial charge is 0.0671 e. The molecule has 2 nitrogen and oxygen atoms in total. The van der Waals surface area contributed by atoms with Gasteiger partial charge in [-0.3, -0.25) is 4.68 Å². The van der Waals surface area contributed by atoms with Crippen LogP contribution in [0.1, 0.15) is 68.8 Å². The van der Waals surface area contributed by atoms with Gasteiger partial charge in [0, 0.05) is 17.8 Å². The average molecular weight is 269 g/mol. The Labute approximate surface area is 116 Å². The van der Waals surface area contributed by atoms with E-state index in [1.54, 1.807) is 0 Å². The second-order valence-corrected chi connectivity index (χ2v) is 6.12. The molecule has 1 fully saturated rings. The van der Waals surface area contributed by atoms with Crippen molar-refractivity contribution < 1.29 is 0 Å². The molecule has 0 aromatic carbocycles. The van der Waals surface area contributed by atoms with E-state index in [0.29, 0.717) is 0 Å². The Bertz CT molecular complexity index is 389. The Morgan fingerprint density at radius 1 is 1.28 bits per heavy atom. The molecular weight excluding hydrogens is 244 g/mol. The molecule has 1 aliphatic rings. The predicted octanol–water partition coefficient (Wildman–Crippen LogP) is 4.50. The number of hydrogen-bond acceptors (Lipinski definition) is 1. The van der Waals surface area contributed by atoms with Gasteiger partial charge in [-0.05, 0) is 38.5 Å². The molecule has 102 valence electrons. The van der Waals surface area contributed by atoms with Crippen LogP contribution in [0.3, 0.4) is 0 Å². The fraction of sp³-hybridized carbons (Fsp3) is 0.800. The highest BCUT2D eigenvalue weighted by atomic mass is 35.5. The highest BCUT2D eigenvalue weighted by molar-refractivity contribution is 6.20. The molecule has 3 heteroatoms. The zero-order chi connectivity index (χ0) is 13.1. The van der Waals surface area contributed by atoms with Crippen LogP contribution in [0.15, 0.2) is 0 Å². The molecule has 0 aliphatic heterocycles. The maximum absolute atomic E-state index is 6.35. The third-order valence-corrected chi connectivity index (χ3v) is 4.37. The number of nitrogens with zero attached hydrogens (tertiary/aromatic N) is 2. The molecular formula is C15H25ClN2. The topological polar surface area (TPSA) is 17.8 Å². The molecule has 1 aliphatic carbocycles. The van der Waals surface area contributed by atoms with Gasteiger partial charge in [0.1, 0.15) is 0 Å². The fourth-order valence-electron chi connectivity index (χ4n) is 3.25. The maximum Gasteiger partial charge on any atom is 0.0671 e. The number of aromatic nitrogens is 2. The Hall–Kier alpha value is -0.500. The molecule has 2 rings (SSSR count). The third-order valence-electron chi connectivity index (χ3n) is 4.15. The van der Waals surface area contributed by atoms with Crippen LogP contribution in [0.4, 0.5) is 0 Å². The summed E-state index contributed by atoms with van der Waals surface area (Å²) in [5.74, 6) is 0.832. The van der Waals surface area contributed by atoms with E-state index in [1.807, 2.05) is 0 Å². The van der Waals surface area contributed by atoms with Crippen molar-refractivity contribution in [1.29, 1.82) is 0 Å². The summed E-state index contributed by atoms with van der Waals surface area (Å²) in [6, 6.07) is 0. The lowest BCUT2D eigenvalue weighted by molar-refractivity contribution is 0.418. The van der Waals surface area contributed by atoms with E-state index in [2.05, 4.69) is 25.5 Å². The molecule has 0 N–H and O–H groups in total. The van der Waals surface area contributed by atoms with Crippen molar-refractivity contribution in [3.05, 3.63) is 17.0 Å². The molecule has 0 radical (unpaired) electrons. The van der Waals surface area contributed by atoms with E-state index in [-0.39, 0.29) is 5.38 Å². The lowest BCUT2D eigenvalue weighted by Gasteiger charge is -2.13. The van der Waals surface area contributed by atoms with Gasteiger partial charge in [0.05, 0.1) is 11.1 Å². The lowest BCUT2D eigenvalue weighted by Crippen LogP contribution is -2.12. The largest absolute Gasteiger partial charge is 0.269 e. The van der Waals surface area contributed by atoms with Gasteiger partial charge in [0.15, 0.2) is 0 Å². The van der Waals surface area contributed by atoms with Gasteiger partial charge in [-0.25, -0.2) is 0 Å². The molecule has 1 atom stereocenters. The van der Waals surface area contributed by atoms with E-state index < -0.39 is 0 Å². The molecule has 0 amide bonds. The monoisotopic (exact) mass is 268 g/mol. The van der Waals surface area contributed by atoms with Crippen molar-refractivity contribution in [2.45, 2.75) is 71.2 Å². The highest BCUT2D eigenvalue weighted by Crippen LogP contribution is 2.31. The van der Waals surface area contributed by atoms with Gasteiger partial charge in [-0.1, -0.05) is 26.7 Å². The van der Waals surface area contributed by atoms with Gasteiger partial charge < -0.3 is 0 Å². The zero-order valence-electron chi connectivity index (χ0n) is 11.9. The van der Waals surface area contributed by atoms with Crippen LogP contribution in [0, 0.1) is 5.92 Å². The Kier molecular flexibility index (Phi) is 4.71. The van der Waals surface area contributed by atoms with Crippen LogP contribution in [-0.4, -0.2) is 9.78 Å². The quantitative estimate of drug-likeness (QED) is 0.719. The molecule has 1 aromatic rings. The van der Waals surface area contributed by atoms with Gasteiger partial charge in [0.2, 0.25) is 0 Å². The summed E-state index contributed by atoms with van der Waals surface area (Å²) in [6.07, 6.45) is 7.55. The maximum atomic E-state index is 6.35. The lowest BCUT2D eigenvalue weighted by atomic mass is 10.1. The zero-order valence-corrected chi connectivity index (χ0v) is 12.6. The van der Waals surface area contributed by atoms with E-state index >= 15 is 0 Å². The fourth-order valence-corrected chi connectivity index (χ4v) is 3.50. The van der Waals surface area contributed by atoms with Crippen LogP contribution in [-0.2, 0) is 19.4 Å². The van der Waals surface area contributed by atoms with Gasteiger partial charge in [-0.2, -0.15) is 5.10 Å². The first kappa shape index (κ1) is 13.9. The molecule has 18 heavy (non-hydrogen) atoms. The van der Waals surface area contributed by atoms with Crippen molar-refractivity contribution in [3.8, 4) is 0 Å². The van der Waals surface area contributed by atoms with Crippen LogP contribution in [0.5, 0.6) is 0 Å². The van der Waals surface area contributed by atoms with E-state index in [1.165, 1.54) is 42.6 Å². The van der Waals surface area contributed by atoms with E-state index in [9.17, 15) is 0 Å². The van der Waals surface area contributed by atoms with Gasteiger partial charge >= 0.3 is 0 Å². The molecule has 0 spiro atoms. The molecule has 0 saturated heterocycles. The first-order valence-corrected chi connectivity index (χ1v) is 7.83. The summed E-state index contributed by atoms with van der Waals surface area (Å²) in [5, 5.41) is 4.89. The minimum Gasteiger partial charge on any atom is -0.269 e. The summed E-state index contributed by atoms with van der Waals surface area (Å²) in [7, 11) is 0. The summed E-state index contributed by atoms with van der Waals surface area (Å²) in [6.45, 7) is 7.55. The first-order valence-electron chi connectivity index (χ1n) is 7.39. The minimum atomic E-state index is 0.0761. The third kappa shape index (κ3) is 2.74. The minimum absolute atomic E-state index is 0.0761. The van der Waals surface area contributed by atoms with Crippen molar-refractivity contribution >= 4 is 11.6 Å². The number of hydrogen-bond donors (Lipinski definition) is 0. The van der Waals surface area contributed by atoms with Crippen LogP contribution < -0.4 is 0 Å². The molecule has 1 unspecified atom stereocenters. The van der Waals surface area contributed by atoms with Crippen LogP contribution in [0.25, 0.3) is 0 Å². The predicted molar refractivity (Wildman–Crippen MR) is 77.2 cm³/mol. The Balaban J connectivity index is 2.28. The van der Waals surface area contributed by atoms with Crippen molar-refractivity contribution in [1.82, 2.24) is 9.78 Å². The Morgan fingerprint density at radius 3 is 2.44 bits per heavy atom. The second kappa shape index (κ2) is 6.10. The molecule has 1 aromatic heterocycles. The van der Waals surface area contributed by atoms with Crippen LogP contribution in [0.2, 0.25) is 0 Å².